The van der Waals surface area contributed by atoms with Crippen molar-refractivity contribution >= 4 is 57.5 Å². The molecule has 2 rings (SSSR count). The van der Waals surface area contributed by atoms with Gasteiger partial charge in [0.05, 0.1) is 21.2 Å². The van der Waals surface area contributed by atoms with Crippen molar-refractivity contribution in [3.05, 3.63) is 26.2 Å². The van der Waals surface area contributed by atoms with Crippen LogP contribution in [0.4, 0.5) is 4.79 Å². The first kappa shape index (κ1) is 23.1. The molecule has 9 heteroatoms. The largest absolute Gasteiger partial charge is 0.490 e. The average Bonchev–Trinajstić information content (AvgIpc) is 2.88. The number of carbonyl (C=O) groups is 3. The topological polar surface area (TPSA) is 82.1 Å². The van der Waals surface area contributed by atoms with E-state index in [4.69, 9.17) is 20.6 Å². The Morgan fingerprint density at radius 3 is 2.69 bits per heavy atom. The van der Waals surface area contributed by atoms with E-state index >= 15 is 0 Å². The molecule has 0 saturated carbocycles. The number of esters is 1. The molecular weight excluding hydrogens is 509 g/mol. The van der Waals surface area contributed by atoms with Crippen molar-refractivity contribution < 1.29 is 28.6 Å². The molecule has 1 fully saturated rings. The average molecular weight is 529 g/mol. The summed E-state index contributed by atoms with van der Waals surface area (Å²) in [5.41, 5.74) is 0.654. The zero-order chi connectivity index (χ0) is 21.6. The third-order valence-electron chi connectivity index (χ3n) is 3.46. The molecule has 0 bridgehead atoms. The summed E-state index contributed by atoms with van der Waals surface area (Å²) in [6, 6.07) is 3.49. The Labute approximate surface area is 187 Å². The van der Waals surface area contributed by atoms with E-state index in [2.05, 4.69) is 28.5 Å². The molecule has 1 aliphatic heterocycles. The number of hydrogen-bond acceptors (Lipinski definition) is 7. The van der Waals surface area contributed by atoms with Crippen molar-refractivity contribution in [3.8, 4) is 23.8 Å². The van der Waals surface area contributed by atoms with Crippen LogP contribution in [0.15, 0.2) is 17.0 Å². The van der Waals surface area contributed by atoms with Crippen LogP contribution in [0.2, 0.25) is 0 Å². The first-order valence-electron chi connectivity index (χ1n) is 8.74. The van der Waals surface area contributed by atoms with Crippen molar-refractivity contribution in [1.82, 2.24) is 4.90 Å². The van der Waals surface area contributed by atoms with Crippen LogP contribution in [0.3, 0.4) is 0 Å². The molecule has 1 aromatic carbocycles. The van der Waals surface area contributed by atoms with Crippen LogP contribution in [0.5, 0.6) is 11.5 Å². The highest BCUT2D eigenvalue weighted by molar-refractivity contribution is 14.1. The Bertz CT molecular complexity index is 890. The van der Waals surface area contributed by atoms with Gasteiger partial charge in [0.15, 0.2) is 11.5 Å². The minimum Gasteiger partial charge on any atom is -0.490 e. The Balaban J connectivity index is 2.27. The highest BCUT2D eigenvalue weighted by atomic mass is 127. The lowest BCUT2D eigenvalue weighted by molar-refractivity contribution is -0.149. The van der Waals surface area contributed by atoms with E-state index in [9.17, 15) is 14.4 Å². The Hall–Kier alpha value is -2.19. The van der Waals surface area contributed by atoms with Gasteiger partial charge in [-0.1, -0.05) is 5.92 Å². The molecule has 1 heterocycles. The summed E-state index contributed by atoms with van der Waals surface area (Å²) in [6.07, 6.45) is 6.51. The first-order chi connectivity index (χ1) is 13.8. The summed E-state index contributed by atoms with van der Waals surface area (Å²) < 4.78 is 16.9. The number of hydrogen-bond donors (Lipinski definition) is 0. The van der Waals surface area contributed by atoms with Gasteiger partial charge in [-0.15, -0.1) is 6.42 Å². The van der Waals surface area contributed by atoms with Gasteiger partial charge < -0.3 is 14.2 Å². The van der Waals surface area contributed by atoms with Crippen molar-refractivity contribution in [3.63, 3.8) is 0 Å². The van der Waals surface area contributed by atoms with Gasteiger partial charge in [-0.3, -0.25) is 19.3 Å². The quantitative estimate of drug-likeness (QED) is 0.220. The summed E-state index contributed by atoms with van der Waals surface area (Å²) in [6.45, 7) is 5.33. The van der Waals surface area contributed by atoms with Crippen molar-refractivity contribution in [2.24, 2.45) is 0 Å². The smallest absolute Gasteiger partial charge is 0.326 e. The van der Waals surface area contributed by atoms with Gasteiger partial charge >= 0.3 is 5.97 Å². The molecule has 1 aliphatic rings. The highest BCUT2D eigenvalue weighted by Gasteiger charge is 2.36. The molecule has 1 saturated heterocycles. The normalized spacial score (nSPS) is 15.0. The minimum absolute atomic E-state index is 0.0980. The second-order valence-corrected chi connectivity index (χ2v) is 8.22. The Morgan fingerprint density at radius 1 is 1.34 bits per heavy atom. The van der Waals surface area contributed by atoms with E-state index in [0.717, 1.165) is 20.2 Å². The van der Waals surface area contributed by atoms with Crippen LogP contribution in [0.1, 0.15) is 26.3 Å². The number of amides is 2. The van der Waals surface area contributed by atoms with E-state index in [1.165, 1.54) is 0 Å². The van der Waals surface area contributed by atoms with E-state index in [0.29, 0.717) is 23.7 Å². The Morgan fingerprint density at radius 2 is 2.07 bits per heavy atom. The van der Waals surface area contributed by atoms with E-state index in [1.54, 1.807) is 32.1 Å². The van der Waals surface area contributed by atoms with Crippen LogP contribution in [-0.4, -0.2) is 47.9 Å². The third-order valence-corrected chi connectivity index (χ3v) is 5.17. The molecule has 0 spiro atoms. The number of terminal acetylenes is 1. The molecule has 7 nitrogen and oxygen atoms in total. The summed E-state index contributed by atoms with van der Waals surface area (Å²) >= 11 is 2.86. The third kappa shape index (κ3) is 6.14. The molecule has 29 heavy (non-hydrogen) atoms. The standard InChI is InChI=1S/C20H20INO6S/c1-5-7-27-18-14(21)8-13(9-15(18)26-6-2)10-16-19(24)22(20(25)29-16)11-17(23)28-12(3)4/h1,8-10,12H,6-7,11H2,2-4H3/b16-10+. The maximum absolute atomic E-state index is 12.6. The van der Waals surface area contributed by atoms with Gasteiger partial charge in [-0.2, -0.15) is 0 Å². The van der Waals surface area contributed by atoms with Gasteiger partial charge in [0.1, 0.15) is 13.2 Å². The number of ether oxygens (including phenoxy) is 3. The van der Waals surface area contributed by atoms with E-state index in [1.807, 2.05) is 6.92 Å². The van der Waals surface area contributed by atoms with Crippen LogP contribution >= 0.6 is 34.4 Å². The predicted molar refractivity (Wildman–Crippen MR) is 119 cm³/mol. The number of imide groups is 1. The molecule has 0 unspecified atom stereocenters. The molecule has 0 aliphatic carbocycles. The fraction of sp³-hybridized carbons (Fsp3) is 0.350. The van der Waals surface area contributed by atoms with E-state index in [-0.39, 0.29) is 17.6 Å². The van der Waals surface area contributed by atoms with E-state index < -0.39 is 23.7 Å². The minimum atomic E-state index is -0.633. The van der Waals surface area contributed by atoms with Crippen molar-refractivity contribution in [2.45, 2.75) is 26.9 Å². The summed E-state index contributed by atoms with van der Waals surface area (Å²) in [4.78, 5) is 37.6. The molecule has 0 atom stereocenters. The zero-order valence-electron chi connectivity index (χ0n) is 16.2. The number of halogens is 1. The second-order valence-electron chi connectivity index (χ2n) is 6.06. The lowest BCUT2D eigenvalue weighted by Crippen LogP contribution is -2.35. The zero-order valence-corrected chi connectivity index (χ0v) is 19.2. The van der Waals surface area contributed by atoms with Crippen molar-refractivity contribution in [2.75, 3.05) is 19.8 Å². The summed E-state index contributed by atoms with van der Waals surface area (Å²) in [5, 5.41) is -0.518. The highest BCUT2D eigenvalue weighted by Crippen LogP contribution is 2.37. The predicted octanol–water partition coefficient (Wildman–Crippen LogP) is 3.69. The first-order valence-corrected chi connectivity index (χ1v) is 10.6. The Kier molecular flexibility index (Phi) is 8.40. The summed E-state index contributed by atoms with van der Waals surface area (Å²) in [5.74, 6) is 2.24. The number of carbonyl (C=O) groups excluding carboxylic acids is 3. The maximum Gasteiger partial charge on any atom is 0.326 e. The number of thioether (sulfide) groups is 1. The van der Waals surface area contributed by atoms with Gasteiger partial charge in [-0.25, -0.2) is 0 Å². The van der Waals surface area contributed by atoms with Gasteiger partial charge in [0, 0.05) is 0 Å². The lowest BCUT2D eigenvalue weighted by atomic mass is 10.2. The number of rotatable bonds is 8. The molecule has 2 amide bonds. The SMILES string of the molecule is C#CCOc1c(I)cc(/C=C2/SC(=O)N(CC(=O)OC(C)C)C2=O)cc1OCC. The van der Waals surface area contributed by atoms with Crippen LogP contribution in [0.25, 0.3) is 6.08 Å². The second kappa shape index (κ2) is 10.5. The fourth-order valence-corrected chi connectivity index (χ4v) is 4.02. The molecule has 154 valence electrons. The number of benzene rings is 1. The molecule has 0 aromatic heterocycles. The van der Waals surface area contributed by atoms with Crippen LogP contribution < -0.4 is 9.47 Å². The lowest BCUT2D eigenvalue weighted by Gasteiger charge is -2.14. The van der Waals surface area contributed by atoms with Gasteiger partial charge in [0.2, 0.25) is 0 Å². The van der Waals surface area contributed by atoms with Gasteiger partial charge in [0.25, 0.3) is 11.1 Å². The van der Waals surface area contributed by atoms with Crippen LogP contribution in [0, 0.1) is 15.9 Å². The summed E-state index contributed by atoms with van der Waals surface area (Å²) in [7, 11) is 0. The van der Waals surface area contributed by atoms with Crippen molar-refractivity contribution in [1.29, 1.82) is 0 Å². The molecular formula is C20H20INO6S. The molecule has 1 aromatic rings. The van der Waals surface area contributed by atoms with Gasteiger partial charge in [-0.05, 0) is 78.9 Å². The molecule has 0 N–H and O–H groups in total. The van der Waals surface area contributed by atoms with Crippen LogP contribution in [-0.2, 0) is 14.3 Å². The maximum atomic E-state index is 12.6. The monoisotopic (exact) mass is 529 g/mol. The number of nitrogens with zero attached hydrogens (tertiary/aromatic N) is 1. The molecule has 0 radical (unpaired) electrons. The fourth-order valence-electron chi connectivity index (χ4n) is 2.41.